The van der Waals surface area contributed by atoms with Crippen LogP contribution in [0.15, 0.2) is 0 Å². The number of carbonyl (C=O) groups excluding carboxylic acids is 1. The summed E-state index contributed by atoms with van der Waals surface area (Å²) in [5.74, 6) is -0.192. The number of rotatable bonds is 1. The van der Waals surface area contributed by atoms with Crippen molar-refractivity contribution in [2.75, 3.05) is 19.3 Å². The molecule has 2 N–H and O–H groups in total. The molecule has 1 heterocycles. The van der Waals surface area contributed by atoms with Gasteiger partial charge in [0, 0.05) is 6.54 Å². The number of hydrogen-bond acceptors (Lipinski definition) is 4. The third-order valence-corrected chi connectivity index (χ3v) is 3.39. The molecule has 1 aliphatic rings. The normalized spacial score (nSPS) is 27.2. The standard InChI is InChI=1S/C7H14N2O3S/c1-13(11,12)9-4-2-3-6(8)7(10)5-9/h6H,2-5,8H2,1H3/t6-/m0/s1. The molecule has 1 atom stereocenters. The number of Topliss-reactive ketones (excluding diaryl/α,β-unsaturated/α-hetero) is 1. The highest BCUT2D eigenvalue weighted by atomic mass is 32.2. The third-order valence-electron chi connectivity index (χ3n) is 2.14. The van der Waals surface area contributed by atoms with Gasteiger partial charge >= 0.3 is 0 Å². The Morgan fingerprint density at radius 1 is 1.54 bits per heavy atom. The molecule has 1 rings (SSSR count). The molecule has 0 aliphatic carbocycles. The first kappa shape index (κ1) is 10.6. The zero-order chi connectivity index (χ0) is 10.1. The van der Waals surface area contributed by atoms with E-state index in [1.165, 1.54) is 4.31 Å². The van der Waals surface area contributed by atoms with Gasteiger partial charge in [0.05, 0.1) is 18.8 Å². The van der Waals surface area contributed by atoms with E-state index in [2.05, 4.69) is 0 Å². The number of carbonyl (C=O) groups is 1. The van der Waals surface area contributed by atoms with Crippen LogP contribution in [0.5, 0.6) is 0 Å². The Hall–Kier alpha value is -0.460. The summed E-state index contributed by atoms with van der Waals surface area (Å²) in [5.41, 5.74) is 5.51. The number of hydrogen-bond donors (Lipinski definition) is 1. The van der Waals surface area contributed by atoms with Gasteiger partial charge in [-0.25, -0.2) is 8.42 Å². The fourth-order valence-corrected chi connectivity index (χ4v) is 2.12. The number of ketones is 1. The summed E-state index contributed by atoms with van der Waals surface area (Å²) in [4.78, 5) is 11.2. The first-order valence-corrected chi connectivity index (χ1v) is 5.99. The first-order valence-electron chi connectivity index (χ1n) is 4.14. The van der Waals surface area contributed by atoms with E-state index in [1.54, 1.807) is 0 Å². The Bertz CT molecular complexity index is 299. The highest BCUT2D eigenvalue weighted by molar-refractivity contribution is 7.88. The van der Waals surface area contributed by atoms with Crippen LogP contribution in [0.3, 0.4) is 0 Å². The molecule has 0 saturated carbocycles. The molecule has 1 aliphatic heterocycles. The maximum absolute atomic E-state index is 11.2. The zero-order valence-electron chi connectivity index (χ0n) is 7.56. The maximum atomic E-state index is 11.2. The first-order chi connectivity index (χ1) is 5.91. The fourth-order valence-electron chi connectivity index (χ4n) is 1.30. The Balaban J connectivity index is 2.76. The monoisotopic (exact) mass is 206 g/mol. The van der Waals surface area contributed by atoms with Crippen molar-refractivity contribution in [2.24, 2.45) is 5.73 Å². The van der Waals surface area contributed by atoms with Crippen LogP contribution in [-0.2, 0) is 14.8 Å². The van der Waals surface area contributed by atoms with Crippen LogP contribution in [0.25, 0.3) is 0 Å². The van der Waals surface area contributed by atoms with Gasteiger partial charge in [-0.05, 0) is 12.8 Å². The van der Waals surface area contributed by atoms with Gasteiger partial charge in [-0.15, -0.1) is 0 Å². The van der Waals surface area contributed by atoms with Crippen LogP contribution in [0.4, 0.5) is 0 Å². The molecule has 6 heteroatoms. The molecule has 13 heavy (non-hydrogen) atoms. The summed E-state index contributed by atoms with van der Waals surface area (Å²) in [6.45, 7) is 0.332. The highest BCUT2D eigenvalue weighted by Gasteiger charge is 2.26. The summed E-state index contributed by atoms with van der Waals surface area (Å²) in [6.07, 6.45) is 2.34. The molecule has 1 saturated heterocycles. The second kappa shape index (κ2) is 3.73. The summed E-state index contributed by atoms with van der Waals surface area (Å²) in [5, 5.41) is 0. The lowest BCUT2D eigenvalue weighted by molar-refractivity contribution is -0.120. The number of sulfonamides is 1. The second-order valence-electron chi connectivity index (χ2n) is 3.31. The summed E-state index contributed by atoms with van der Waals surface area (Å²) < 4.78 is 23.4. The molecular formula is C7H14N2O3S. The van der Waals surface area contributed by atoms with Crippen molar-refractivity contribution in [3.63, 3.8) is 0 Å². The fraction of sp³-hybridized carbons (Fsp3) is 0.857. The van der Waals surface area contributed by atoms with Crippen LogP contribution in [-0.4, -0.2) is 43.9 Å². The number of nitrogens with zero attached hydrogens (tertiary/aromatic N) is 1. The third kappa shape index (κ3) is 2.75. The van der Waals surface area contributed by atoms with Gasteiger partial charge in [0.25, 0.3) is 0 Å². The van der Waals surface area contributed by atoms with Gasteiger partial charge in [0.2, 0.25) is 10.0 Å². The molecule has 1 fully saturated rings. The van der Waals surface area contributed by atoms with Gasteiger partial charge in [-0.2, -0.15) is 4.31 Å². The minimum absolute atomic E-state index is 0.0694. The maximum Gasteiger partial charge on any atom is 0.211 e. The molecule has 0 unspecified atom stereocenters. The predicted molar refractivity (Wildman–Crippen MR) is 48.6 cm³/mol. The minimum atomic E-state index is -3.25. The molecule has 76 valence electrons. The minimum Gasteiger partial charge on any atom is -0.321 e. The van der Waals surface area contributed by atoms with Crippen molar-refractivity contribution >= 4 is 15.8 Å². The van der Waals surface area contributed by atoms with Gasteiger partial charge in [-0.1, -0.05) is 0 Å². The van der Waals surface area contributed by atoms with Crippen molar-refractivity contribution in [2.45, 2.75) is 18.9 Å². The summed E-state index contributed by atoms with van der Waals surface area (Å²) >= 11 is 0. The Labute approximate surface area is 77.9 Å². The predicted octanol–water partition coefficient (Wildman–Crippen LogP) is -1.06. The Morgan fingerprint density at radius 3 is 2.69 bits per heavy atom. The van der Waals surface area contributed by atoms with E-state index in [-0.39, 0.29) is 12.3 Å². The van der Waals surface area contributed by atoms with E-state index in [0.29, 0.717) is 19.4 Å². The van der Waals surface area contributed by atoms with E-state index >= 15 is 0 Å². The highest BCUT2D eigenvalue weighted by Crippen LogP contribution is 2.09. The molecule has 0 spiro atoms. The average Bonchev–Trinajstić information content (AvgIpc) is 2.13. The van der Waals surface area contributed by atoms with E-state index in [0.717, 1.165) is 6.26 Å². The molecule has 0 aromatic carbocycles. The Morgan fingerprint density at radius 2 is 2.15 bits per heavy atom. The molecule has 0 radical (unpaired) electrons. The quantitative estimate of drug-likeness (QED) is 0.593. The van der Waals surface area contributed by atoms with Crippen molar-refractivity contribution in [1.82, 2.24) is 4.31 Å². The second-order valence-corrected chi connectivity index (χ2v) is 5.29. The lowest BCUT2D eigenvalue weighted by atomic mass is 10.1. The molecule has 0 aromatic heterocycles. The topological polar surface area (TPSA) is 80.5 Å². The lowest BCUT2D eigenvalue weighted by Gasteiger charge is -2.15. The van der Waals surface area contributed by atoms with Crippen molar-refractivity contribution in [3.05, 3.63) is 0 Å². The summed E-state index contributed by atoms with van der Waals surface area (Å²) in [7, 11) is -3.25. The SMILES string of the molecule is CS(=O)(=O)N1CCC[C@H](N)C(=O)C1. The molecule has 0 bridgehead atoms. The van der Waals surface area contributed by atoms with Crippen molar-refractivity contribution in [3.8, 4) is 0 Å². The van der Waals surface area contributed by atoms with E-state index < -0.39 is 16.1 Å². The van der Waals surface area contributed by atoms with E-state index in [9.17, 15) is 13.2 Å². The van der Waals surface area contributed by atoms with Crippen LogP contribution in [0.1, 0.15) is 12.8 Å². The molecular weight excluding hydrogens is 192 g/mol. The largest absolute Gasteiger partial charge is 0.321 e. The zero-order valence-corrected chi connectivity index (χ0v) is 8.38. The average molecular weight is 206 g/mol. The van der Waals surface area contributed by atoms with Crippen LogP contribution in [0, 0.1) is 0 Å². The van der Waals surface area contributed by atoms with Crippen LogP contribution in [0.2, 0.25) is 0 Å². The smallest absolute Gasteiger partial charge is 0.211 e. The molecule has 0 aromatic rings. The molecule has 0 amide bonds. The van der Waals surface area contributed by atoms with Crippen molar-refractivity contribution < 1.29 is 13.2 Å². The van der Waals surface area contributed by atoms with Gasteiger partial charge < -0.3 is 5.73 Å². The summed E-state index contributed by atoms with van der Waals surface area (Å²) in [6, 6.07) is -0.494. The van der Waals surface area contributed by atoms with Crippen LogP contribution >= 0.6 is 0 Å². The van der Waals surface area contributed by atoms with E-state index in [1.807, 2.05) is 0 Å². The van der Waals surface area contributed by atoms with Gasteiger partial charge in [-0.3, -0.25) is 4.79 Å². The Kier molecular flexibility index (Phi) is 3.05. The lowest BCUT2D eigenvalue weighted by Crippen LogP contribution is -2.38. The van der Waals surface area contributed by atoms with Gasteiger partial charge in [0.15, 0.2) is 5.78 Å². The number of nitrogens with two attached hydrogens (primary N) is 1. The van der Waals surface area contributed by atoms with Crippen LogP contribution < -0.4 is 5.73 Å². The van der Waals surface area contributed by atoms with Crippen molar-refractivity contribution in [1.29, 1.82) is 0 Å². The molecule has 5 nitrogen and oxygen atoms in total. The van der Waals surface area contributed by atoms with Gasteiger partial charge in [0.1, 0.15) is 0 Å². The van der Waals surface area contributed by atoms with E-state index in [4.69, 9.17) is 5.73 Å².